The molecule has 0 aliphatic rings. The lowest BCUT2D eigenvalue weighted by atomic mass is 10.8. The van der Waals surface area contributed by atoms with E-state index < -0.39 is 8.07 Å². The van der Waals surface area contributed by atoms with E-state index in [4.69, 9.17) is 0 Å². The van der Waals surface area contributed by atoms with Crippen LogP contribution in [0.4, 0.5) is 0 Å². The average Bonchev–Trinajstić information content (AvgIpc) is 1.59. The van der Waals surface area contributed by atoms with Crippen molar-refractivity contribution in [2.75, 3.05) is 4.43 Å². The zero-order valence-electron chi connectivity index (χ0n) is 5.74. The van der Waals surface area contributed by atoms with Crippen molar-refractivity contribution in [1.29, 1.82) is 0 Å². The summed E-state index contributed by atoms with van der Waals surface area (Å²) in [5.74, 6) is 0. The maximum Gasteiger partial charge on any atom is 0.0683 e. The van der Waals surface area contributed by atoms with Crippen LogP contribution < -0.4 is 0 Å². The van der Waals surface area contributed by atoms with E-state index in [9.17, 15) is 0 Å². The van der Waals surface area contributed by atoms with Crippen molar-refractivity contribution in [1.82, 2.24) is 0 Å². The van der Waals surface area contributed by atoms with Gasteiger partial charge >= 0.3 is 0 Å². The lowest BCUT2D eigenvalue weighted by Crippen LogP contribution is -2.15. The van der Waals surface area contributed by atoms with Gasteiger partial charge in [0, 0.05) is 4.43 Å². The van der Waals surface area contributed by atoms with Crippen LogP contribution in [0.25, 0.3) is 0 Å². The molecule has 2 heteroatoms. The molecule has 0 aliphatic heterocycles. The molecule has 0 nitrogen and oxygen atoms in total. The van der Waals surface area contributed by atoms with Crippen LogP contribution in [0.5, 0.6) is 0 Å². The number of halogens is 1. The van der Waals surface area contributed by atoms with Gasteiger partial charge < -0.3 is 0 Å². The van der Waals surface area contributed by atoms with Crippen molar-refractivity contribution in [2.24, 2.45) is 0 Å². The minimum atomic E-state index is -0.864. The summed E-state index contributed by atoms with van der Waals surface area (Å²) in [6, 6.07) is 0. The molecule has 0 rings (SSSR count). The molecule has 0 atom stereocenters. The van der Waals surface area contributed by atoms with Crippen molar-refractivity contribution >= 4 is 30.7 Å². The fourth-order valence-corrected chi connectivity index (χ4v) is 1.96. The fourth-order valence-electron chi connectivity index (χ4n) is 0.398. The summed E-state index contributed by atoms with van der Waals surface area (Å²) in [7, 11) is -0.864. The number of hydrogen-bond donors (Lipinski definition) is 0. The van der Waals surface area contributed by atoms with Crippen LogP contribution in [-0.2, 0) is 0 Å². The third kappa shape index (κ3) is 6.69. The predicted molar refractivity (Wildman–Crippen MR) is 51.4 cm³/mol. The monoisotopic (exact) mass is 240 g/mol. The van der Waals surface area contributed by atoms with Crippen molar-refractivity contribution in [3.8, 4) is 0 Å². The molecule has 48 valence electrons. The molecule has 0 aromatic rings. The van der Waals surface area contributed by atoms with E-state index in [2.05, 4.69) is 54.0 Å². The second-order valence-electron chi connectivity index (χ2n) is 2.92. The molecule has 0 aromatic heterocycles. The Balaban J connectivity index is 3.52. The molecule has 0 N–H and O–H groups in total. The molecule has 0 saturated carbocycles. The molecule has 0 heterocycles. The van der Waals surface area contributed by atoms with E-state index in [-0.39, 0.29) is 0 Å². The lowest BCUT2D eigenvalue weighted by molar-refractivity contribution is 1.73. The van der Waals surface area contributed by atoms with Gasteiger partial charge in [-0.1, -0.05) is 54.0 Å². The third-order valence-electron chi connectivity index (χ3n) is 0.707. The van der Waals surface area contributed by atoms with Crippen molar-refractivity contribution in [3.63, 3.8) is 0 Å². The summed E-state index contributed by atoms with van der Waals surface area (Å²) in [5.41, 5.74) is 2.37. The smallest absolute Gasteiger partial charge is 0.0683 e. The van der Waals surface area contributed by atoms with Gasteiger partial charge in [0.05, 0.1) is 8.07 Å². The average molecular weight is 240 g/mol. The van der Waals surface area contributed by atoms with Crippen LogP contribution in [-0.4, -0.2) is 12.5 Å². The molecule has 0 fully saturated rings. The van der Waals surface area contributed by atoms with Crippen LogP contribution in [0, 0.1) is 0 Å². The van der Waals surface area contributed by atoms with Crippen LogP contribution in [0.1, 0.15) is 0 Å². The van der Waals surface area contributed by atoms with E-state index in [0.29, 0.717) is 0 Å². The maximum absolute atomic E-state index is 2.37. The zero-order chi connectivity index (χ0) is 6.62. The molecule has 0 bridgehead atoms. The summed E-state index contributed by atoms with van der Waals surface area (Å²) in [5, 5.41) is 0. The number of hydrogen-bond acceptors (Lipinski definition) is 0. The Labute approximate surface area is 66.5 Å². The largest absolute Gasteiger partial charge is 0.0982 e. The van der Waals surface area contributed by atoms with Gasteiger partial charge in [-0.05, 0) is 0 Å². The van der Waals surface area contributed by atoms with Crippen LogP contribution in [0.2, 0.25) is 19.6 Å². The molecule has 8 heavy (non-hydrogen) atoms. The Kier molecular flexibility index (Phi) is 3.98. The minimum Gasteiger partial charge on any atom is -0.0982 e. The highest BCUT2D eigenvalue weighted by Crippen LogP contribution is 2.01. The van der Waals surface area contributed by atoms with Gasteiger partial charge in [0.15, 0.2) is 0 Å². The van der Waals surface area contributed by atoms with Gasteiger partial charge in [-0.2, -0.15) is 0 Å². The van der Waals surface area contributed by atoms with E-state index in [0.717, 1.165) is 4.43 Å². The Morgan fingerprint density at radius 3 is 2.00 bits per heavy atom. The maximum atomic E-state index is 2.37. The Morgan fingerprint density at radius 1 is 1.38 bits per heavy atom. The number of allylic oxidation sites excluding steroid dienone is 1. The Bertz CT molecular complexity index is 81.0. The predicted octanol–water partition coefficient (Wildman–Crippen LogP) is 2.86. The lowest BCUT2D eigenvalue weighted by Gasteiger charge is -2.06. The molecular weight excluding hydrogens is 227 g/mol. The van der Waals surface area contributed by atoms with Crippen LogP contribution in [0.15, 0.2) is 11.8 Å². The van der Waals surface area contributed by atoms with Gasteiger partial charge in [0.25, 0.3) is 0 Å². The topological polar surface area (TPSA) is 0 Å². The van der Waals surface area contributed by atoms with Gasteiger partial charge in [-0.25, -0.2) is 0 Å². The Morgan fingerprint density at radius 2 is 1.88 bits per heavy atom. The second-order valence-corrected chi connectivity index (χ2v) is 8.87. The van der Waals surface area contributed by atoms with Crippen molar-refractivity contribution in [3.05, 3.63) is 11.8 Å². The molecular formula is C6H13ISi. The molecule has 0 amide bonds. The van der Waals surface area contributed by atoms with Gasteiger partial charge in [0.1, 0.15) is 0 Å². The second kappa shape index (κ2) is 3.66. The summed E-state index contributed by atoms with van der Waals surface area (Å²) in [4.78, 5) is 0. The van der Waals surface area contributed by atoms with Crippen molar-refractivity contribution in [2.45, 2.75) is 19.6 Å². The van der Waals surface area contributed by atoms with E-state index in [1.54, 1.807) is 0 Å². The Hall–Kier alpha value is 0.687. The summed E-state index contributed by atoms with van der Waals surface area (Å²) < 4.78 is 1.15. The molecule has 0 radical (unpaired) electrons. The molecule has 0 aliphatic carbocycles. The first-order valence-corrected chi connectivity index (χ1v) is 7.90. The quantitative estimate of drug-likeness (QED) is 0.395. The van der Waals surface area contributed by atoms with E-state index >= 15 is 0 Å². The third-order valence-corrected chi connectivity index (χ3v) is 2.45. The van der Waals surface area contributed by atoms with Crippen molar-refractivity contribution < 1.29 is 0 Å². The SMILES string of the molecule is C[Si](C)(C)/C=C/CI. The number of rotatable bonds is 2. The summed E-state index contributed by atoms with van der Waals surface area (Å²) in [6.45, 7) is 7.03. The minimum absolute atomic E-state index is 0.864. The van der Waals surface area contributed by atoms with Gasteiger partial charge in [0.2, 0.25) is 0 Å². The van der Waals surface area contributed by atoms with Crippen LogP contribution >= 0.6 is 22.6 Å². The molecule has 0 spiro atoms. The summed E-state index contributed by atoms with van der Waals surface area (Å²) in [6.07, 6.45) is 2.26. The van der Waals surface area contributed by atoms with E-state index in [1.165, 1.54) is 0 Å². The van der Waals surface area contributed by atoms with E-state index in [1.807, 2.05) is 0 Å². The first kappa shape index (κ1) is 8.69. The summed E-state index contributed by atoms with van der Waals surface area (Å²) >= 11 is 2.36. The normalized spacial score (nSPS) is 13.0. The number of alkyl halides is 1. The van der Waals surface area contributed by atoms with Crippen LogP contribution in [0.3, 0.4) is 0 Å². The zero-order valence-corrected chi connectivity index (χ0v) is 8.90. The molecule has 0 unspecified atom stereocenters. The van der Waals surface area contributed by atoms with Gasteiger partial charge in [-0.15, -0.1) is 0 Å². The highest BCUT2D eigenvalue weighted by atomic mass is 127. The molecule has 0 saturated heterocycles. The first-order chi connectivity index (χ1) is 3.56. The standard InChI is InChI=1S/C6H13ISi/c1-8(2,3)6-4-5-7/h4,6H,5H2,1-3H3/b6-4+. The molecule has 0 aromatic carbocycles. The fraction of sp³-hybridized carbons (Fsp3) is 0.667. The first-order valence-electron chi connectivity index (χ1n) is 2.80. The highest BCUT2D eigenvalue weighted by molar-refractivity contribution is 14.1. The highest BCUT2D eigenvalue weighted by Gasteiger charge is 2.05. The van der Waals surface area contributed by atoms with Gasteiger partial charge in [-0.3, -0.25) is 0 Å².